The third kappa shape index (κ3) is 3.01. The fraction of sp³-hybridized carbons (Fsp3) is 0.167. The number of nitrogen functional groups attached to an aromatic ring is 1. The van der Waals surface area contributed by atoms with Crippen LogP contribution in [-0.4, -0.2) is 17.1 Å². The number of anilines is 2. The highest BCUT2D eigenvalue weighted by Gasteiger charge is 2.02. The van der Waals surface area contributed by atoms with Crippen molar-refractivity contribution in [2.75, 3.05) is 18.2 Å². The molecule has 0 unspecified atom stereocenters. The Kier molecular flexibility index (Phi) is 3.84. The fourth-order valence-electron chi connectivity index (χ4n) is 1.40. The molecule has 0 aliphatic carbocycles. The van der Waals surface area contributed by atoms with Crippen LogP contribution in [0.25, 0.3) is 0 Å². The lowest BCUT2D eigenvalue weighted by atomic mass is 10.3. The lowest BCUT2D eigenvalue weighted by molar-refractivity contribution is 0.397. The van der Waals surface area contributed by atoms with E-state index in [0.29, 0.717) is 29.0 Å². The Morgan fingerprint density at radius 1 is 1.33 bits per heavy atom. The summed E-state index contributed by atoms with van der Waals surface area (Å²) in [6, 6.07) is 5.38. The summed E-state index contributed by atoms with van der Waals surface area (Å²) in [5.74, 6) is 1.18. The van der Waals surface area contributed by atoms with Crippen molar-refractivity contribution in [1.82, 2.24) is 9.97 Å². The molecule has 0 aliphatic heterocycles. The van der Waals surface area contributed by atoms with Crippen molar-refractivity contribution in [3.8, 4) is 5.88 Å². The number of rotatable bonds is 4. The lowest BCUT2D eigenvalue weighted by Crippen LogP contribution is -2.03. The fourth-order valence-corrected chi connectivity index (χ4v) is 1.65. The summed E-state index contributed by atoms with van der Waals surface area (Å²) < 4.78 is 4.99. The number of hydrogen-bond donors (Lipinski definition) is 2. The molecule has 2 aromatic heterocycles. The van der Waals surface area contributed by atoms with Crippen molar-refractivity contribution >= 4 is 23.1 Å². The molecule has 3 N–H and O–H groups in total. The normalized spacial score (nSPS) is 10.1. The van der Waals surface area contributed by atoms with E-state index in [1.165, 1.54) is 0 Å². The first-order valence-corrected chi connectivity index (χ1v) is 5.70. The van der Waals surface area contributed by atoms with Crippen molar-refractivity contribution in [2.24, 2.45) is 0 Å². The van der Waals surface area contributed by atoms with Gasteiger partial charge in [0.1, 0.15) is 5.82 Å². The Morgan fingerprint density at radius 2 is 2.17 bits per heavy atom. The first-order valence-electron chi connectivity index (χ1n) is 5.33. The van der Waals surface area contributed by atoms with E-state index in [9.17, 15) is 0 Å². The minimum atomic E-state index is 0.497. The molecule has 5 nitrogen and oxygen atoms in total. The van der Waals surface area contributed by atoms with Gasteiger partial charge in [-0.25, -0.2) is 9.97 Å². The quantitative estimate of drug-likeness (QED) is 0.887. The van der Waals surface area contributed by atoms with Crippen LogP contribution >= 0.6 is 11.6 Å². The number of hydrogen-bond acceptors (Lipinski definition) is 5. The Balaban J connectivity index is 2.02. The van der Waals surface area contributed by atoms with E-state index in [1.54, 1.807) is 31.6 Å². The molecule has 94 valence electrons. The van der Waals surface area contributed by atoms with E-state index in [4.69, 9.17) is 22.1 Å². The van der Waals surface area contributed by atoms with Gasteiger partial charge in [-0.15, -0.1) is 0 Å². The summed E-state index contributed by atoms with van der Waals surface area (Å²) in [6.45, 7) is 0.577. The van der Waals surface area contributed by atoms with Crippen molar-refractivity contribution in [3.63, 3.8) is 0 Å². The third-order valence-electron chi connectivity index (χ3n) is 2.33. The maximum Gasteiger partial charge on any atom is 0.212 e. The molecule has 0 radical (unpaired) electrons. The summed E-state index contributed by atoms with van der Waals surface area (Å²) in [5, 5.41) is 3.61. The van der Waals surface area contributed by atoms with Crippen LogP contribution in [-0.2, 0) is 6.54 Å². The Labute approximate surface area is 110 Å². The topological polar surface area (TPSA) is 73.1 Å². The van der Waals surface area contributed by atoms with Gasteiger partial charge in [0.25, 0.3) is 0 Å². The average molecular weight is 265 g/mol. The Morgan fingerprint density at radius 3 is 2.78 bits per heavy atom. The summed E-state index contributed by atoms with van der Waals surface area (Å²) >= 11 is 6.00. The highest BCUT2D eigenvalue weighted by atomic mass is 35.5. The monoisotopic (exact) mass is 264 g/mol. The summed E-state index contributed by atoms with van der Waals surface area (Å²) in [7, 11) is 1.58. The number of ether oxygens (including phenoxy) is 1. The van der Waals surface area contributed by atoms with Crippen LogP contribution in [0.1, 0.15) is 5.56 Å². The van der Waals surface area contributed by atoms with Crippen LogP contribution in [0.2, 0.25) is 5.02 Å². The standard InChI is InChI=1S/C12H13ClN4O/c1-18-11-3-2-8(5-15-11)6-16-12-10(13)4-9(14)7-17-12/h2-5,7H,6,14H2,1H3,(H,16,17). The SMILES string of the molecule is COc1ccc(CNc2ncc(N)cc2Cl)cn1. The Hall–Kier alpha value is -2.01. The predicted molar refractivity (Wildman–Crippen MR) is 71.8 cm³/mol. The average Bonchev–Trinajstić information content (AvgIpc) is 2.38. The smallest absolute Gasteiger partial charge is 0.212 e. The summed E-state index contributed by atoms with van der Waals surface area (Å²) in [4.78, 5) is 8.22. The van der Waals surface area contributed by atoms with Gasteiger partial charge in [0.15, 0.2) is 0 Å². The molecule has 2 heterocycles. The molecule has 2 rings (SSSR count). The second kappa shape index (κ2) is 5.55. The van der Waals surface area contributed by atoms with Gasteiger partial charge in [-0.05, 0) is 11.6 Å². The first-order chi connectivity index (χ1) is 8.69. The second-order valence-corrected chi connectivity index (χ2v) is 4.07. The van der Waals surface area contributed by atoms with Gasteiger partial charge in [-0.1, -0.05) is 17.7 Å². The number of nitrogens with two attached hydrogens (primary N) is 1. The molecule has 0 saturated heterocycles. The van der Waals surface area contributed by atoms with Gasteiger partial charge in [-0.3, -0.25) is 0 Å². The maximum atomic E-state index is 6.00. The predicted octanol–water partition coefficient (Wildman–Crippen LogP) is 2.33. The molecule has 0 fully saturated rings. The van der Waals surface area contributed by atoms with Gasteiger partial charge >= 0.3 is 0 Å². The molecular weight excluding hydrogens is 252 g/mol. The molecule has 0 bridgehead atoms. The van der Waals surface area contributed by atoms with Gasteiger partial charge in [-0.2, -0.15) is 0 Å². The number of aromatic nitrogens is 2. The maximum absolute atomic E-state index is 6.00. The summed E-state index contributed by atoms with van der Waals surface area (Å²) in [5.41, 5.74) is 7.11. The summed E-state index contributed by atoms with van der Waals surface area (Å²) in [6.07, 6.45) is 3.29. The number of pyridine rings is 2. The number of methoxy groups -OCH3 is 1. The Bertz CT molecular complexity index is 530. The number of halogens is 1. The molecule has 0 amide bonds. The zero-order chi connectivity index (χ0) is 13.0. The van der Waals surface area contributed by atoms with Crippen LogP contribution < -0.4 is 15.8 Å². The molecule has 0 aromatic carbocycles. The van der Waals surface area contributed by atoms with E-state index in [1.807, 2.05) is 6.07 Å². The second-order valence-electron chi connectivity index (χ2n) is 3.66. The number of nitrogens with one attached hydrogen (secondary N) is 1. The minimum Gasteiger partial charge on any atom is -0.481 e. The largest absolute Gasteiger partial charge is 0.481 e. The lowest BCUT2D eigenvalue weighted by Gasteiger charge is -2.08. The van der Waals surface area contributed by atoms with Crippen LogP contribution in [0.3, 0.4) is 0 Å². The van der Waals surface area contributed by atoms with Gasteiger partial charge in [0.05, 0.1) is 24.0 Å². The van der Waals surface area contributed by atoms with Crippen LogP contribution in [0.5, 0.6) is 5.88 Å². The highest BCUT2D eigenvalue weighted by Crippen LogP contribution is 2.21. The zero-order valence-electron chi connectivity index (χ0n) is 9.85. The minimum absolute atomic E-state index is 0.497. The van der Waals surface area contributed by atoms with E-state index in [0.717, 1.165) is 5.56 Å². The van der Waals surface area contributed by atoms with Crippen molar-refractivity contribution in [1.29, 1.82) is 0 Å². The van der Waals surface area contributed by atoms with E-state index in [-0.39, 0.29) is 0 Å². The molecule has 18 heavy (non-hydrogen) atoms. The van der Waals surface area contributed by atoms with E-state index >= 15 is 0 Å². The van der Waals surface area contributed by atoms with Gasteiger partial charge in [0.2, 0.25) is 5.88 Å². The molecule has 0 aliphatic rings. The van der Waals surface area contributed by atoms with Crippen molar-refractivity contribution < 1.29 is 4.74 Å². The molecule has 2 aromatic rings. The number of nitrogens with zero attached hydrogens (tertiary/aromatic N) is 2. The van der Waals surface area contributed by atoms with E-state index in [2.05, 4.69) is 15.3 Å². The van der Waals surface area contributed by atoms with Crippen molar-refractivity contribution in [3.05, 3.63) is 41.2 Å². The van der Waals surface area contributed by atoms with Crippen LogP contribution in [0.4, 0.5) is 11.5 Å². The van der Waals surface area contributed by atoms with Crippen LogP contribution in [0.15, 0.2) is 30.6 Å². The van der Waals surface area contributed by atoms with E-state index < -0.39 is 0 Å². The van der Waals surface area contributed by atoms with Gasteiger partial charge < -0.3 is 15.8 Å². The first kappa shape index (κ1) is 12.4. The molecule has 0 saturated carbocycles. The molecular formula is C12H13ClN4O. The molecule has 0 atom stereocenters. The van der Waals surface area contributed by atoms with Crippen LogP contribution in [0, 0.1) is 0 Å². The molecule has 0 spiro atoms. The molecule has 6 heteroatoms. The van der Waals surface area contributed by atoms with Crippen molar-refractivity contribution in [2.45, 2.75) is 6.54 Å². The third-order valence-corrected chi connectivity index (χ3v) is 2.62. The zero-order valence-corrected chi connectivity index (χ0v) is 10.6. The highest BCUT2D eigenvalue weighted by molar-refractivity contribution is 6.33. The van der Waals surface area contributed by atoms with Gasteiger partial charge in [0, 0.05) is 18.8 Å².